The van der Waals surface area contributed by atoms with Crippen molar-refractivity contribution < 1.29 is 12.6 Å². The first-order valence-corrected chi connectivity index (χ1v) is 8.05. The van der Waals surface area contributed by atoms with E-state index in [2.05, 4.69) is 3.77 Å². The Balaban J connectivity index is 2.30. The Hall–Kier alpha value is -0.880. The van der Waals surface area contributed by atoms with Crippen LogP contribution in [0.15, 0.2) is 32.9 Å². The van der Waals surface area contributed by atoms with E-state index >= 15 is 0 Å². The average Bonchev–Trinajstić information content (AvgIpc) is 2.14. The summed E-state index contributed by atoms with van der Waals surface area (Å²) in [5, 5.41) is -0.0739. The third kappa shape index (κ3) is 2.87. The molecule has 1 aliphatic carbocycles. The van der Waals surface area contributed by atoms with Gasteiger partial charge in [-0.25, -0.2) is 8.42 Å². The van der Waals surface area contributed by atoms with Crippen LogP contribution in [0.25, 0.3) is 0 Å². The van der Waals surface area contributed by atoms with Crippen LogP contribution in [-0.2, 0) is 24.8 Å². The normalized spacial score (nSPS) is 18.9. The van der Waals surface area contributed by atoms with Crippen LogP contribution in [0.1, 0.15) is 24.8 Å². The lowest BCUT2D eigenvalue weighted by Crippen LogP contribution is -2.19. The van der Waals surface area contributed by atoms with Crippen LogP contribution in [0.4, 0.5) is 0 Å². The van der Waals surface area contributed by atoms with Crippen molar-refractivity contribution in [2.45, 2.75) is 36.3 Å². The highest BCUT2D eigenvalue weighted by molar-refractivity contribution is 7.96. The Labute approximate surface area is 103 Å². The monoisotopic (exact) mass is 272 g/mol. The van der Waals surface area contributed by atoms with E-state index in [0.717, 1.165) is 24.8 Å². The summed E-state index contributed by atoms with van der Waals surface area (Å²) < 4.78 is 38.8. The molecule has 17 heavy (non-hydrogen) atoms. The first-order chi connectivity index (χ1) is 7.99. The van der Waals surface area contributed by atoms with Gasteiger partial charge >= 0.3 is 0 Å². The lowest BCUT2D eigenvalue weighted by molar-refractivity contribution is 0.497. The Kier molecular flexibility index (Phi) is 3.53. The van der Waals surface area contributed by atoms with Crippen molar-refractivity contribution in [2.24, 2.45) is 3.77 Å². The van der Waals surface area contributed by atoms with Gasteiger partial charge in [0.1, 0.15) is 0 Å². The van der Waals surface area contributed by atoms with Crippen molar-refractivity contribution in [3.8, 4) is 0 Å². The minimum Gasteiger partial charge on any atom is -0.443 e. The van der Waals surface area contributed by atoms with Crippen LogP contribution in [0.2, 0.25) is 0 Å². The molecule has 2 rings (SSSR count). The van der Waals surface area contributed by atoms with E-state index in [1.807, 2.05) is 6.92 Å². The predicted molar refractivity (Wildman–Crippen MR) is 66.5 cm³/mol. The fraction of sp³-hybridized carbons (Fsp3) is 0.455. The summed E-state index contributed by atoms with van der Waals surface area (Å²) in [6.07, 6.45) is 2.62. The van der Waals surface area contributed by atoms with E-state index in [4.69, 9.17) is 0 Å². The van der Waals surface area contributed by atoms with E-state index in [1.54, 1.807) is 12.1 Å². The molecule has 94 valence electrons. The number of hydrogen-bond acceptors (Lipinski definition) is 4. The van der Waals surface area contributed by atoms with Crippen molar-refractivity contribution in [3.63, 3.8) is 0 Å². The summed E-state index contributed by atoms with van der Waals surface area (Å²) in [5.41, 5.74) is 0.976. The highest BCUT2D eigenvalue weighted by Crippen LogP contribution is 2.24. The van der Waals surface area contributed by atoms with Gasteiger partial charge in [0.2, 0.25) is 0 Å². The summed E-state index contributed by atoms with van der Waals surface area (Å²) in [5.74, 6) is 0. The van der Waals surface area contributed by atoms with E-state index in [-0.39, 0.29) is 10.1 Å². The van der Waals surface area contributed by atoms with Gasteiger partial charge in [0.15, 0.2) is 0 Å². The second-order valence-corrected chi connectivity index (χ2v) is 7.43. The smallest absolute Gasteiger partial charge is 0.260 e. The van der Waals surface area contributed by atoms with Crippen molar-refractivity contribution in [2.75, 3.05) is 0 Å². The number of rotatable bonds is 3. The molecule has 0 radical (unpaired) electrons. The molecule has 1 saturated carbocycles. The molecule has 0 heterocycles. The average molecular weight is 272 g/mol. The van der Waals surface area contributed by atoms with E-state index < -0.39 is 20.6 Å². The SMILES string of the molecule is Cc1ccc(S(=O)(=O)N=[S-](=O)C2CCC2)cc1. The Bertz CT molecular complexity index is 580. The Morgan fingerprint density at radius 2 is 1.82 bits per heavy atom. The zero-order chi connectivity index (χ0) is 12.5. The van der Waals surface area contributed by atoms with E-state index in [9.17, 15) is 12.6 Å². The van der Waals surface area contributed by atoms with Gasteiger partial charge in [0.05, 0.1) is 4.90 Å². The molecular weight excluding hydrogens is 258 g/mol. The van der Waals surface area contributed by atoms with Crippen molar-refractivity contribution in [3.05, 3.63) is 29.8 Å². The molecule has 0 atom stereocenters. The van der Waals surface area contributed by atoms with Gasteiger partial charge < -0.3 is 4.21 Å². The standard InChI is InChI=1S/C11H14NO3S2/c1-9-5-7-11(8-6-9)17(14,15)12-16(13)10-3-2-4-10/h5-8,10H,2-4H2,1H3/q-1. The van der Waals surface area contributed by atoms with Gasteiger partial charge in [-0.3, -0.25) is 3.77 Å². The van der Waals surface area contributed by atoms with Gasteiger partial charge in [0, 0.05) is 0 Å². The molecule has 0 aromatic heterocycles. The second-order valence-electron chi connectivity index (χ2n) is 4.19. The summed E-state index contributed by atoms with van der Waals surface area (Å²) in [4.78, 5) is 0.107. The molecule has 0 spiro atoms. The summed E-state index contributed by atoms with van der Waals surface area (Å²) in [6, 6.07) is 6.39. The summed E-state index contributed by atoms with van der Waals surface area (Å²) in [6.45, 7) is 1.88. The molecule has 0 saturated heterocycles. The number of benzene rings is 1. The van der Waals surface area contributed by atoms with Crippen LogP contribution in [0, 0.1) is 6.92 Å². The molecule has 4 nitrogen and oxygen atoms in total. The first-order valence-electron chi connectivity index (χ1n) is 5.44. The van der Waals surface area contributed by atoms with Crippen LogP contribution in [0.5, 0.6) is 0 Å². The molecule has 1 aliphatic rings. The maximum Gasteiger partial charge on any atom is 0.260 e. The molecule has 1 aromatic carbocycles. The first kappa shape index (κ1) is 12.6. The van der Waals surface area contributed by atoms with Gasteiger partial charge in [-0.1, -0.05) is 42.2 Å². The molecule has 0 N–H and O–H groups in total. The topological polar surface area (TPSA) is 63.6 Å². The maximum absolute atomic E-state index is 11.8. The fourth-order valence-electron chi connectivity index (χ4n) is 1.48. The van der Waals surface area contributed by atoms with Gasteiger partial charge in [-0.15, -0.1) is 0 Å². The quantitative estimate of drug-likeness (QED) is 0.794. The second kappa shape index (κ2) is 4.78. The molecule has 1 aromatic rings. The Morgan fingerprint density at radius 3 is 2.29 bits per heavy atom. The summed E-state index contributed by atoms with van der Waals surface area (Å²) in [7, 11) is -5.39. The van der Waals surface area contributed by atoms with E-state index in [1.165, 1.54) is 12.1 Å². The minimum atomic E-state index is -3.77. The summed E-state index contributed by atoms with van der Waals surface area (Å²) >= 11 is 0. The molecule has 0 bridgehead atoms. The van der Waals surface area contributed by atoms with Crippen LogP contribution in [-0.4, -0.2) is 13.7 Å². The number of sulfonamides is 1. The Morgan fingerprint density at radius 1 is 1.24 bits per heavy atom. The molecule has 0 unspecified atom stereocenters. The van der Waals surface area contributed by atoms with Crippen molar-refractivity contribution in [1.82, 2.24) is 0 Å². The van der Waals surface area contributed by atoms with Crippen molar-refractivity contribution >= 4 is 20.6 Å². The zero-order valence-corrected chi connectivity index (χ0v) is 11.1. The highest BCUT2D eigenvalue weighted by Gasteiger charge is 2.14. The molecular formula is C11H14NO3S2-. The number of nitrogens with zero attached hydrogens (tertiary/aromatic N) is 1. The molecule has 6 heteroatoms. The van der Waals surface area contributed by atoms with Gasteiger partial charge in [0.25, 0.3) is 10.0 Å². The zero-order valence-electron chi connectivity index (χ0n) is 9.50. The number of aryl methyl sites for hydroxylation is 1. The fourth-order valence-corrected chi connectivity index (χ4v) is 4.30. The van der Waals surface area contributed by atoms with E-state index in [0.29, 0.717) is 0 Å². The maximum atomic E-state index is 11.8. The van der Waals surface area contributed by atoms with Crippen LogP contribution in [0.3, 0.4) is 0 Å². The molecule has 0 amide bonds. The highest BCUT2D eigenvalue weighted by atomic mass is 32.3. The predicted octanol–water partition coefficient (Wildman–Crippen LogP) is 2.38. The lowest BCUT2D eigenvalue weighted by atomic mass is 10.0. The van der Waals surface area contributed by atoms with Crippen LogP contribution < -0.4 is 0 Å². The minimum absolute atomic E-state index is 0.0739. The third-order valence-corrected chi connectivity index (χ3v) is 6.11. The molecule has 0 aliphatic heterocycles. The third-order valence-electron chi connectivity index (χ3n) is 2.83. The van der Waals surface area contributed by atoms with Gasteiger partial charge in [-0.2, -0.15) is 10.6 Å². The molecule has 1 fully saturated rings. The number of hydrogen-bond donors (Lipinski definition) is 0. The largest absolute Gasteiger partial charge is 0.443 e. The van der Waals surface area contributed by atoms with Gasteiger partial charge in [-0.05, 0) is 19.1 Å². The van der Waals surface area contributed by atoms with Crippen LogP contribution >= 0.6 is 0 Å². The lowest BCUT2D eigenvalue weighted by Gasteiger charge is -2.28. The van der Waals surface area contributed by atoms with Crippen molar-refractivity contribution in [1.29, 1.82) is 0 Å².